The summed E-state index contributed by atoms with van der Waals surface area (Å²) in [6.07, 6.45) is -0.626. The Hall–Kier alpha value is -0.383. The quantitative estimate of drug-likeness (QED) is 0.237. The first-order chi connectivity index (χ1) is 6.37. The van der Waals surface area contributed by atoms with Gasteiger partial charge in [0.05, 0.1) is 0 Å². The average Bonchev–Trinajstić information content (AvgIpc) is 1.98. The summed E-state index contributed by atoms with van der Waals surface area (Å²) in [5.74, 6) is 5.36. The van der Waals surface area contributed by atoms with Crippen molar-refractivity contribution in [2.45, 2.75) is 32.8 Å². The van der Waals surface area contributed by atoms with Crippen LogP contribution in [-0.2, 0) is 13.8 Å². The summed E-state index contributed by atoms with van der Waals surface area (Å²) in [7, 11) is -3.55. The predicted octanol–water partition coefficient (Wildman–Crippen LogP) is -1.91. The van der Waals surface area contributed by atoms with E-state index in [1.165, 1.54) is 0 Å². The first-order valence-corrected chi connectivity index (χ1v) is 5.21. The fourth-order valence-corrected chi connectivity index (χ4v) is 0.802. The van der Waals surface area contributed by atoms with E-state index in [1.54, 1.807) is 13.8 Å². The van der Waals surface area contributed by atoms with Gasteiger partial charge in [-0.15, -0.1) is 0 Å². The van der Waals surface area contributed by atoms with Crippen LogP contribution in [0.4, 0.5) is 4.79 Å². The van der Waals surface area contributed by atoms with Gasteiger partial charge < -0.3 is 14.2 Å². The molecule has 0 aliphatic rings. The molecule has 5 nitrogen and oxygen atoms in total. The van der Waals surface area contributed by atoms with Crippen molar-refractivity contribution in [1.82, 2.24) is 0 Å². The minimum absolute atomic E-state index is 0. The Morgan fingerprint density at radius 3 is 2.47 bits per heavy atom. The summed E-state index contributed by atoms with van der Waals surface area (Å²) in [6.45, 7) is 4.93. The van der Waals surface area contributed by atoms with E-state index in [-0.39, 0.29) is 18.9 Å². The van der Waals surface area contributed by atoms with Crippen LogP contribution in [0, 0.1) is 11.8 Å². The molecule has 0 amide bonds. The van der Waals surface area contributed by atoms with Gasteiger partial charge in [-0.05, 0) is 13.8 Å². The number of hydrogen-bond acceptors (Lipinski definition) is 5. The summed E-state index contributed by atoms with van der Waals surface area (Å²) in [5, 5.41) is 0. The van der Waals surface area contributed by atoms with E-state index in [2.05, 4.69) is 21.1 Å². The number of carbonyl (C=O) groups is 1. The van der Waals surface area contributed by atoms with Crippen LogP contribution in [0.5, 0.6) is 0 Å². The predicted molar refractivity (Wildman–Crippen MR) is 48.7 cm³/mol. The van der Waals surface area contributed by atoms with Crippen LogP contribution in [0.3, 0.4) is 0 Å². The van der Waals surface area contributed by atoms with Crippen LogP contribution < -0.4 is 23.8 Å². The zero-order valence-corrected chi connectivity index (χ0v) is 10.2. The first kappa shape index (κ1) is 17.0. The first-order valence-electron chi connectivity index (χ1n) is 3.99. The molecule has 0 aromatic rings. The number of ether oxygens (including phenoxy) is 1. The number of hydrogen-bond donors (Lipinski definition) is 0. The van der Waals surface area contributed by atoms with Crippen molar-refractivity contribution >= 4 is 14.4 Å². The molecule has 0 aromatic heterocycles. The molecule has 0 fully saturated rings. The molecule has 0 rings (SSSR count). The van der Waals surface area contributed by atoms with Crippen molar-refractivity contribution in [1.29, 1.82) is 0 Å². The summed E-state index contributed by atoms with van der Waals surface area (Å²) >= 11 is 0. The SMILES string of the molecule is CCC#CC(C)(C)OC(=O)O[PH](=O)[O-].[Li+]. The molecule has 1 atom stereocenters. The monoisotopic (exact) mass is 226 g/mol. The van der Waals surface area contributed by atoms with Gasteiger partial charge in [0.1, 0.15) is 0 Å². The summed E-state index contributed by atoms with van der Waals surface area (Å²) < 4.78 is 18.5. The Morgan fingerprint density at radius 1 is 1.53 bits per heavy atom. The Morgan fingerprint density at radius 2 is 2.07 bits per heavy atom. The molecule has 0 radical (unpaired) electrons. The molecule has 0 N–H and O–H groups in total. The van der Waals surface area contributed by atoms with Crippen molar-refractivity contribution in [2.24, 2.45) is 0 Å². The van der Waals surface area contributed by atoms with Gasteiger partial charge in [-0.25, -0.2) is 4.79 Å². The third kappa shape index (κ3) is 9.91. The van der Waals surface area contributed by atoms with E-state index >= 15 is 0 Å². The van der Waals surface area contributed by atoms with E-state index in [4.69, 9.17) is 0 Å². The zero-order valence-electron chi connectivity index (χ0n) is 9.25. The molecule has 0 saturated heterocycles. The van der Waals surface area contributed by atoms with Gasteiger partial charge in [-0.3, -0.25) is 4.57 Å². The standard InChI is InChI=1S/C8H13O5P.Li/c1-4-5-6-8(2,3)12-7(9)13-14(10)11;/h14H,4H2,1-3H3,(H,10,11);/q;+1/p-1. The van der Waals surface area contributed by atoms with E-state index in [9.17, 15) is 14.3 Å². The Kier molecular flexibility index (Phi) is 8.91. The molecular weight excluding hydrogens is 214 g/mol. The Bertz CT molecular complexity index is 291. The molecule has 0 spiro atoms. The maximum atomic E-state index is 10.7. The molecule has 7 heteroatoms. The summed E-state index contributed by atoms with van der Waals surface area (Å²) in [4.78, 5) is 20.8. The molecule has 15 heavy (non-hydrogen) atoms. The molecule has 1 unspecified atom stereocenters. The molecule has 0 saturated carbocycles. The second kappa shape index (κ2) is 7.85. The van der Waals surface area contributed by atoms with Crippen molar-refractivity contribution < 1.29 is 42.4 Å². The Labute approximate surface area is 102 Å². The van der Waals surface area contributed by atoms with Gasteiger partial charge in [0.2, 0.25) is 0 Å². The van der Waals surface area contributed by atoms with Crippen molar-refractivity contribution in [3.8, 4) is 11.8 Å². The topological polar surface area (TPSA) is 75.7 Å². The minimum atomic E-state index is -3.55. The van der Waals surface area contributed by atoms with Crippen LogP contribution in [0.25, 0.3) is 0 Å². The Balaban J connectivity index is 0. The van der Waals surface area contributed by atoms with Gasteiger partial charge in [0, 0.05) is 6.42 Å². The van der Waals surface area contributed by atoms with Gasteiger partial charge in [-0.1, -0.05) is 18.8 Å². The van der Waals surface area contributed by atoms with Gasteiger partial charge in [0.25, 0.3) is 0 Å². The van der Waals surface area contributed by atoms with Crippen molar-refractivity contribution in [3.63, 3.8) is 0 Å². The molecule has 0 heterocycles. The zero-order chi connectivity index (χ0) is 11.2. The molecule has 0 aromatic carbocycles. The second-order valence-electron chi connectivity index (χ2n) is 2.87. The van der Waals surface area contributed by atoms with Crippen LogP contribution in [0.1, 0.15) is 27.2 Å². The number of rotatable bonds is 2. The second-order valence-corrected chi connectivity index (χ2v) is 3.57. The van der Waals surface area contributed by atoms with E-state index in [0.717, 1.165) is 0 Å². The van der Waals surface area contributed by atoms with Crippen LogP contribution in [-0.4, -0.2) is 11.8 Å². The van der Waals surface area contributed by atoms with Crippen LogP contribution in [0.2, 0.25) is 0 Å². The van der Waals surface area contributed by atoms with Crippen molar-refractivity contribution in [2.75, 3.05) is 0 Å². The van der Waals surface area contributed by atoms with Gasteiger partial charge in [0.15, 0.2) is 13.9 Å². The molecule has 0 aliphatic heterocycles. The molecular formula is C8H12LiO5P. The van der Waals surface area contributed by atoms with E-state index < -0.39 is 20.0 Å². The largest absolute Gasteiger partial charge is 1.00 e. The van der Waals surface area contributed by atoms with Crippen molar-refractivity contribution in [3.05, 3.63) is 0 Å². The van der Waals surface area contributed by atoms with Gasteiger partial charge in [-0.2, -0.15) is 0 Å². The third-order valence-electron chi connectivity index (χ3n) is 1.07. The summed E-state index contributed by atoms with van der Waals surface area (Å²) in [5.41, 5.74) is -1.04. The fourth-order valence-electron chi connectivity index (χ4n) is 0.624. The average molecular weight is 226 g/mol. The maximum Gasteiger partial charge on any atom is 1.00 e. The molecule has 0 bridgehead atoms. The van der Waals surface area contributed by atoms with Crippen LogP contribution in [0.15, 0.2) is 0 Å². The fraction of sp³-hybridized carbons (Fsp3) is 0.625. The maximum absolute atomic E-state index is 10.7. The van der Waals surface area contributed by atoms with E-state index in [0.29, 0.717) is 6.42 Å². The normalized spacial score (nSPS) is 11.5. The summed E-state index contributed by atoms with van der Waals surface area (Å²) in [6, 6.07) is 0. The van der Waals surface area contributed by atoms with E-state index in [1.807, 2.05) is 6.92 Å². The number of carbonyl (C=O) groups excluding carboxylic acids is 1. The smallest absolute Gasteiger partial charge is 0.771 e. The van der Waals surface area contributed by atoms with Gasteiger partial charge >= 0.3 is 25.0 Å². The van der Waals surface area contributed by atoms with Crippen LogP contribution >= 0.6 is 8.25 Å². The third-order valence-corrected chi connectivity index (χ3v) is 1.40. The molecule has 0 aliphatic carbocycles. The minimum Gasteiger partial charge on any atom is -0.771 e. The molecule has 80 valence electrons.